The number of piperidine rings is 1. The zero-order valence-corrected chi connectivity index (χ0v) is 10.8. The van der Waals surface area contributed by atoms with Gasteiger partial charge in [0.1, 0.15) is 5.76 Å². The molecule has 1 aromatic heterocycles. The van der Waals surface area contributed by atoms with Gasteiger partial charge in [0.15, 0.2) is 0 Å². The smallest absolute Gasteiger partial charge is 0.226 e. The van der Waals surface area contributed by atoms with Crippen LogP contribution in [-0.2, 0) is 0 Å². The summed E-state index contributed by atoms with van der Waals surface area (Å²) in [4.78, 5) is 4.34. The van der Waals surface area contributed by atoms with E-state index in [-0.39, 0.29) is 0 Å². The third kappa shape index (κ3) is 2.42. The van der Waals surface area contributed by atoms with Crippen LogP contribution >= 0.6 is 11.6 Å². The Morgan fingerprint density at radius 3 is 2.78 bits per heavy atom. The first-order valence-electron chi connectivity index (χ1n) is 6.28. The van der Waals surface area contributed by atoms with Gasteiger partial charge in [-0.25, -0.2) is 4.98 Å². The molecule has 1 unspecified atom stereocenters. The Labute approximate surface area is 111 Å². The standard InChI is InChI=1S/C14H15ClN2O/c15-11-6-4-10(5-7-11)14-17-9-13(18-14)12-3-1-2-8-16-12/h4-7,9,12,16H,1-3,8H2. The van der Waals surface area contributed by atoms with Crippen LogP contribution in [0.1, 0.15) is 31.1 Å². The van der Waals surface area contributed by atoms with E-state index in [9.17, 15) is 0 Å². The Hall–Kier alpha value is -1.32. The van der Waals surface area contributed by atoms with E-state index in [2.05, 4.69) is 10.3 Å². The van der Waals surface area contributed by atoms with Gasteiger partial charge in [-0.1, -0.05) is 18.0 Å². The van der Waals surface area contributed by atoms with E-state index in [1.165, 1.54) is 12.8 Å². The highest BCUT2D eigenvalue weighted by molar-refractivity contribution is 6.30. The van der Waals surface area contributed by atoms with Crippen LogP contribution in [-0.4, -0.2) is 11.5 Å². The van der Waals surface area contributed by atoms with Crippen molar-refractivity contribution >= 4 is 11.6 Å². The molecule has 2 heterocycles. The molecule has 0 spiro atoms. The fraction of sp³-hybridized carbons (Fsp3) is 0.357. The second kappa shape index (κ2) is 5.12. The lowest BCUT2D eigenvalue weighted by Gasteiger charge is -2.20. The van der Waals surface area contributed by atoms with E-state index in [0.29, 0.717) is 11.9 Å². The van der Waals surface area contributed by atoms with Crippen LogP contribution < -0.4 is 5.32 Å². The number of nitrogens with one attached hydrogen (secondary N) is 1. The predicted molar refractivity (Wildman–Crippen MR) is 71.5 cm³/mol. The summed E-state index contributed by atoms with van der Waals surface area (Å²) in [7, 11) is 0. The van der Waals surface area contributed by atoms with Crippen LogP contribution in [0, 0.1) is 0 Å². The normalized spacial score (nSPS) is 19.9. The molecule has 0 bridgehead atoms. The summed E-state index contributed by atoms with van der Waals surface area (Å²) in [6, 6.07) is 7.85. The average molecular weight is 263 g/mol. The van der Waals surface area contributed by atoms with Gasteiger partial charge in [-0.05, 0) is 43.7 Å². The minimum atomic E-state index is 0.312. The number of aromatic nitrogens is 1. The SMILES string of the molecule is Clc1ccc(-c2ncc(C3CCCCN3)o2)cc1. The molecule has 0 saturated carbocycles. The molecule has 18 heavy (non-hydrogen) atoms. The maximum Gasteiger partial charge on any atom is 0.226 e. The van der Waals surface area contributed by atoms with E-state index in [0.717, 1.165) is 29.3 Å². The van der Waals surface area contributed by atoms with Gasteiger partial charge >= 0.3 is 0 Å². The van der Waals surface area contributed by atoms with Crippen molar-refractivity contribution in [3.05, 3.63) is 41.2 Å². The van der Waals surface area contributed by atoms with Gasteiger partial charge in [0.2, 0.25) is 5.89 Å². The summed E-state index contributed by atoms with van der Waals surface area (Å²) in [6.07, 6.45) is 5.44. The highest BCUT2D eigenvalue weighted by Gasteiger charge is 2.19. The lowest BCUT2D eigenvalue weighted by molar-refractivity contribution is 0.352. The van der Waals surface area contributed by atoms with Crippen LogP contribution in [0.3, 0.4) is 0 Å². The van der Waals surface area contributed by atoms with Crippen molar-refractivity contribution in [2.24, 2.45) is 0 Å². The van der Waals surface area contributed by atoms with E-state index in [1.807, 2.05) is 30.5 Å². The Bertz CT molecular complexity index is 515. The monoisotopic (exact) mass is 262 g/mol. The molecule has 1 aliphatic heterocycles. The van der Waals surface area contributed by atoms with Gasteiger partial charge in [-0.3, -0.25) is 0 Å². The first-order valence-corrected chi connectivity index (χ1v) is 6.66. The molecule has 1 atom stereocenters. The lowest BCUT2D eigenvalue weighted by Crippen LogP contribution is -2.26. The molecule has 0 aliphatic carbocycles. The largest absolute Gasteiger partial charge is 0.440 e. The maximum absolute atomic E-state index is 5.87. The van der Waals surface area contributed by atoms with Crippen molar-refractivity contribution < 1.29 is 4.42 Å². The van der Waals surface area contributed by atoms with Gasteiger partial charge < -0.3 is 9.73 Å². The fourth-order valence-corrected chi connectivity index (χ4v) is 2.39. The van der Waals surface area contributed by atoms with Gasteiger partial charge in [0.05, 0.1) is 12.2 Å². The molecule has 3 nitrogen and oxygen atoms in total. The fourth-order valence-electron chi connectivity index (χ4n) is 2.27. The average Bonchev–Trinajstić information content (AvgIpc) is 2.90. The summed E-state index contributed by atoms with van der Waals surface area (Å²) in [5.74, 6) is 1.59. The quantitative estimate of drug-likeness (QED) is 0.894. The van der Waals surface area contributed by atoms with Crippen molar-refractivity contribution in [1.82, 2.24) is 10.3 Å². The van der Waals surface area contributed by atoms with Crippen LogP contribution in [0.2, 0.25) is 5.02 Å². The predicted octanol–water partition coefficient (Wildman–Crippen LogP) is 3.81. The number of halogens is 1. The van der Waals surface area contributed by atoms with Crippen LogP contribution in [0.4, 0.5) is 0 Å². The van der Waals surface area contributed by atoms with E-state index >= 15 is 0 Å². The maximum atomic E-state index is 5.87. The van der Waals surface area contributed by atoms with Crippen molar-refractivity contribution in [2.75, 3.05) is 6.54 Å². The molecule has 0 amide bonds. The minimum Gasteiger partial charge on any atom is -0.440 e. The van der Waals surface area contributed by atoms with Gasteiger partial charge in [-0.2, -0.15) is 0 Å². The summed E-state index contributed by atoms with van der Waals surface area (Å²) < 4.78 is 5.83. The molecule has 1 fully saturated rings. The molecule has 1 saturated heterocycles. The van der Waals surface area contributed by atoms with Gasteiger partial charge in [0.25, 0.3) is 0 Å². The number of benzene rings is 1. The topological polar surface area (TPSA) is 38.1 Å². The molecule has 94 valence electrons. The number of oxazole rings is 1. The second-order valence-electron chi connectivity index (χ2n) is 4.58. The van der Waals surface area contributed by atoms with E-state index < -0.39 is 0 Å². The summed E-state index contributed by atoms with van der Waals surface area (Å²) >= 11 is 5.87. The van der Waals surface area contributed by atoms with Gasteiger partial charge in [0, 0.05) is 10.6 Å². The molecular weight excluding hydrogens is 248 g/mol. The number of nitrogens with zero attached hydrogens (tertiary/aromatic N) is 1. The first kappa shape index (κ1) is 11.8. The molecule has 0 radical (unpaired) electrons. The minimum absolute atomic E-state index is 0.312. The van der Waals surface area contributed by atoms with Gasteiger partial charge in [-0.15, -0.1) is 0 Å². The summed E-state index contributed by atoms with van der Waals surface area (Å²) in [6.45, 7) is 1.06. The van der Waals surface area contributed by atoms with E-state index in [4.69, 9.17) is 16.0 Å². The Kier molecular flexibility index (Phi) is 3.35. The molecule has 3 rings (SSSR count). The van der Waals surface area contributed by atoms with Crippen molar-refractivity contribution in [2.45, 2.75) is 25.3 Å². The molecule has 1 aromatic carbocycles. The highest BCUT2D eigenvalue weighted by atomic mass is 35.5. The summed E-state index contributed by atoms with van der Waals surface area (Å²) in [5, 5.41) is 4.18. The van der Waals surface area contributed by atoms with E-state index in [1.54, 1.807) is 0 Å². The molecule has 1 aliphatic rings. The van der Waals surface area contributed by atoms with Crippen molar-refractivity contribution in [1.29, 1.82) is 0 Å². The third-order valence-corrected chi connectivity index (χ3v) is 3.52. The van der Waals surface area contributed by atoms with Crippen molar-refractivity contribution in [3.8, 4) is 11.5 Å². The molecular formula is C14H15ClN2O. The van der Waals surface area contributed by atoms with Crippen LogP contribution in [0.5, 0.6) is 0 Å². The zero-order chi connectivity index (χ0) is 12.4. The Morgan fingerprint density at radius 1 is 1.22 bits per heavy atom. The van der Waals surface area contributed by atoms with Crippen LogP contribution in [0.15, 0.2) is 34.9 Å². The number of hydrogen-bond donors (Lipinski definition) is 1. The first-order chi connectivity index (χ1) is 8.83. The van der Waals surface area contributed by atoms with Crippen LogP contribution in [0.25, 0.3) is 11.5 Å². The highest BCUT2D eigenvalue weighted by Crippen LogP contribution is 2.27. The zero-order valence-electron chi connectivity index (χ0n) is 10.0. The number of rotatable bonds is 2. The van der Waals surface area contributed by atoms with Crippen molar-refractivity contribution in [3.63, 3.8) is 0 Å². The lowest BCUT2D eigenvalue weighted by atomic mass is 10.0. The Morgan fingerprint density at radius 2 is 2.06 bits per heavy atom. The molecule has 1 N–H and O–H groups in total. The Balaban J connectivity index is 1.82. The molecule has 4 heteroatoms. The third-order valence-electron chi connectivity index (χ3n) is 3.27. The number of hydrogen-bond acceptors (Lipinski definition) is 3. The summed E-state index contributed by atoms with van der Waals surface area (Å²) in [5.41, 5.74) is 0.960. The molecule has 2 aromatic rings. The second-order valence-corrected chi connectivity index (χ2v) is 5.01.